The molecule has 142 valence electrons. The summed E-state index contributed by atoms with van der Waals surface area (Å²) in [6, 6.07) is 10.8. The lowest BCUT2D eigenvalue weighted by atomic mass is 9.95. The van der Waals surface area contributed by atoms with Crippen LogP contribution in [0.2, 0.25) is 5.15 Å². The molecule has 4 rings (SSSR count). The van der Waals surface area contributed by atoms with Crippen LogP contribution in [-0.2, 0) is 6.54 Å². The third kappa shape index (κ3) is 2.90. The van der Waals surface area contributed by atoms with Gasteiger partial charge in [0, 0.05) is 11.9 Å². The Balaban J connectivity index is 1.73. The van der Waals surface area contributed by atoms with Crippen molar-refractivity contribution in [2.24, 2.45) is 11.0 Å². The fourth-order valence-electron chi connectivity index (χ4n) is 3.42. The number of carbonyl (C=O) groups is 2. The van der Waals surface area contributed by atoms with Gasteiger partial charge in [-0.25, -0.2) is 0 Å². The van der Waals surface area contributed by atoms with E-state index in [4.69, 9.17) is 11.6 Å². The molecule has 1 aliphatic rings. The van der Waals surface area contributed by atoms with Gasteiger partial charge in [0.25, 0.3) is 11.8 Å². The summed E-state index contributed by atoms with van der Waals surface area (Å²) in [5, 5.41) is 11.5. The largest absolute Gasteiger partial charge is 0.282 e. The highest BCUT2D eigenvalue weighted by molar-refractivity contribution is 6.32. The molecule has 2 amide bonds. The number of aryl methyl sites for hydroxylation is 1. The normalized spacial score (nSPS) is 14.1. The maximum Gasteiger partial charge on any atom is 0.282 e. The molecule has 1 aliphatic heterocycles. The zero-order valence-corrected chi connectivity index (χ0v) is 16.6. The monoisotopic (exact) mass is 394 g/mol. The van der Waals surface area contributed by atoms with Crippen LogP contribution in [0.1, 0.15) is 45.8 Å². The van der Waals surface area contributed by atoms with Crippen molar-refractivity contribution in [3.8, 4) is 0 Å². The van der Waals surface area contributed by atoms with Crippen LogP contribution >= 0.6 is 11.6 Å². The van der Waals surface area contributed by atoms with Crippen molar-refractivity contribution >= 4 is 40.4 Å². The van der Waals surface area contributed by atoms with Gasteiger partial charge in [0.1, 0.15) is 5.15 Å². The molecule has 7 heteroatoms. The second-order valence-electron chi connectivity index (χ2n) is 7.24. The number of imide groups is 1. The smallest absolute Gasteiger partial charge is 0.267 e. The number of carbonyl (C=O) groups excluding carboxylic acids is 2. The van der Waals surface area contributed by atoms with E-state index in [-0.39, 0.29) is 0 Å². The Labute approximate surface area is 167 Å². The molecule has 2 aromatic carbocycles. The number of rotatable bonds is 4. The minimum Gasteiger partial charge on any atom is -0.267 e. The summed E-state index contributed by atoms with van der Waals surface area (Å²) in [5.74, 6) is -0.522. The van der Waals surface area contributed by atoms with Crippen molar-refractivity contribution in [3.05, 3.63) is 63.9 Å². The molecule has 0 unspecified atom stereocenters. The lowest BCUT2D eigenvalue weighted by Gasteiger charge is -2.22. The Morgan fingerprint density at radius 3 is 2.29 bits per heavy atom. The fraction of sp³-hybridized carbons (Fsp3) is 0.238. The number of hydrogen-bond acceptors (Lipinski definition) is 4. The van der Waals surface area contributed by atoms with E-state index in [1.807, 2.05) is 19.1 Å². The summed E-state index contributed by atoms with van der Waals surface area (Å²) in [4.78, 5) is 25.8. The molecule has 0 atom stereocenters. The maximum atomic E-state index is 12.9. The number of aromatic nitrogens is 2. The summed E-state index contributed by atoms with van der Waals surface area (Å²) in [6.07, 6.45) is 1.44. The number of nitrogens with zero attached hydrogens (tertiary/aromatic N) is 4. The van der Waals surface area contributed by atoms with Gasteiger partial charge in [-0.3, -0.25) is 14.3 Å². The van der Waals surface area contributed by atoms with Gasteiger partial charge in [0.15, 0.2) is 0 Å². The minimum absolute atomic E-state index is 0.379. The van der Waals surface area contributed by atoms with E-state index >= 15 is 0 Å². The van der Waals surface area contributed by atoms with E-state index in [2.05, 4.69) is 24.0 Å². The number of halogens is 1. The predicted octanol–water partition coefficient (Wildman–Crippen LogP) is 4.28. The highest BCUT2D eigenvalue weighted by Gasteiger charge is 2.32. The molecule has 0 spiro atoms. The van der Waals surface area contributed by atoms with Gasteiger partial charge in [-0.15, -0.1) is 0 Å². The Morgan fingerprint density at radius 2 is 1.71 bits per heavy atom. The topological polar surface area (TPSA) is 67.6 Å². The van der Waals surface area contributed by atoms with E-state index in [1.165, 1.54) is 6.21 Å². The first kappa shape index (κ1) is 18.4. The summed E-state index contributed by atoms with van der Waals surface area (Å²) >= 11 is 6.43. The zero-order chi connectivity index (χ0) is 20.0. The Kier molecular flexibility index (Phi) is 4.51. The molecule has 0 radical (unpaired) electrons. The standard InChI is InChI=1S/C21H19ClN4O2/c1-12(2)11-25-19(22)17(13(3)24-25)10-23-26-20(27)15-8-4-6-14-7-5-9-16(18(14)15)21(26)28/h4-10,12H,11H2,1-3H3. The third-order valence-electron chi connectivity index (χ3n) is 4.70. The van der Waals surface area contributed by atoms with Crippen LogP contribution in [0.15, 0.2) is 41.5 Å². The van der Waals surface area contributed by atoms with Crippen molar-refractivity contribution in [2.75, 3.05) is 0 Å². The number of hydrogen-bond donors (Lipinski definition) is 0. The van der Waals surface area contributed by atoms with Gasteiger partial charge in [0.05, 0.1) is 28.6 Å². The van der Waals surface area contributed by atoms with Gasteiger partial charge < -0.3 is 0 Å². The van der Waals surface area contributed by atoms with E-state index < -0.39 is 11.8 Å². The molecule has 1 aromatic heterocycles. The molecule has 0 saturated heterocycles. The van der Waals surface area contributed by atoms with E-state index in [0.29, 0.717) is 45.4 Å². The molecular formula is C21H19ClN4O2. The second kappa shape index (κ2) is 6.87. The van der Waals surface area contributed by atoms with Crippen molar-refractivity contribution in [2.45, 2.75) is 27.3 Å². The van der Waals surface area contributed by atoms with E-state index in [0.717, 1.165) is 10.4 Å². The molecule has 3 aromatic rings. The van der Waals surface area contributed by atoms with Crippen molar-refractivity contribution < 1.29 is 9.59 Å². The van der Waals surface area contributed by atoms with Crippen LogP contribution in [0.25, 0.3) is 10.8 Å². The first-order valence-electron chi connectivity index (χ1n) is 9.06. The predicted molar refractivity (Wildman–Crippen MR) is 109 cm³/mol. The maximum absolute atomic E-state index is 12.9. The molecule has 0 N–H and O–H groups in total. The zero-order valence-electron chi connectivity index (χ0n) is 15.8. The lowest BCUT2D eigenvalue weighted by Crippen LogP contribution is -2.36. The van der Waals surface area contributed by atoms with E-state index in [1.54, 1.807) is 28.9 Å². The Bertz CT molecular complexity index is 1100. The summed E-state index contributed by atoms with van der Waals surface area (Å²) < 4.78 is 1.71. The van der Waals surface area contributed by atoms with Gasteiger partial charge in [-0.05, 0) is 30.4 Å². The minimum atomic E-state index is -0.450. The van der Waals surface area contributed by atoms with Gasteiger partial charge >= 0.3 is 0 Å². The number of benzene rings is 2. The quantitative estimate of drug-likeness (QED) is 0.489. The summed E-state index contributed by atoms with van der Waals surface area (Å²) in [5.41, 5.74) is 2.21. The molecule has 6 nitrogen and oxygen atoms in total. The molecule has 0 saturated carbocycles. The molecule has 0 fully saturated rings. The fourth-order valence-corrected chi connectivity index (χ4v) is 3.71. The van der Waals surface area contributed by atoms with Crippen LogP contribution in [0, 0.1) is 12.8 Å². The molecular weight excluding hydrogens is 376 g/mol. The van der Waals surface area contributed by atoms with Crippen molar-refractivity contribution in [1.82, 2.24) is 14.8 Å². The van der Waals surface area contributed by atoms with Crippen LogP contribution in [0.3, 0.4) is 0 Å². The van der Waals surface area contributed by atoms with Crippen molar-refractivity contribution in [1.29, 1.82) is 0 Å². The van der Waals surface area contributed by atoms with Crippen molar-refractivity contribution in [3.63, 3.8) is 0 Å². The van der Waals surface area contributed by atoms with Gasteiger partial charge in [0.2, 0.25) is 0 Å². The van der Waals surface area contributed by atoms with Crippen LogP contribution in [-0.4, -0.2) is 32.8 Å². The van der Waals surface area contributed by atoms with Crippen LogP contribution in [0.4, 0.5) is 0 Å². The SMILES string of the molecule is Cc1nn(CC(C)C)c(Cl)c1C=NN1C(=O)c2cccc3cccc(c23)C1=O. The summed E-state index contributed by atoms with van der Waals surface area (Å²) in [7, 11) is 0. The first-order chi connectivity index (χ1) is 13.4. The first-order valence-corrected chi connectivity index (χ1v) is 9.43. The van der Waals surface area contributed by atoms with Gasteiger partial charge in [-0.2, -0.15) is 15.2 Å². The average Bonchev–Trinajstić information content (AvgIpc) is 2.92. The lowest BCUT2D eigenvalue weighted by molar-refractivity contribution is 0.0616. The highest BCUT2D eigenvalue weighted by Crippen LogP contribution is 2.30. The molecule has 28 heavy (non-hydrogen) atoms. The number of hydrazone groups is 1. The van der Waals surface area contributed by atoms with Gasteiger partial charge in [-0.1, -0.05) is 49.7 Å². The number of amides is 2. The summed E-state index contributed by atoms with van der Waals surface area (Å²) in [6.45, 7) is 6.64. The Hall–Kier alpha value is -2.99. The van der Waals surface area contributed by atoms with Crippen LogP contribution < -0.4 is 0 Å². The molecule has 0 aliphatic carbocycles. The molecule has 2 heterocycles. The Morgan fingerprint density at radius 1 is 1.11 bits per heavy atom. The van der Waals surface area contributed by atoms with E-state index in [9.17, 15) is 9.59 Å². The van der Waals surface area contributed by atoms with Crippen LogP contribution in [0.5, 0.6) is 0 Å². The highest BCUT2D eigenvalue weighted by atomic mass is 35.5. The third-order valence-corrected chi connectivity index (χ3v) is 5.10. The molecule has 0 bridgehead atoms. The second-order valence-corrected chi connectivity index (χ2v) is 7.60. The average molecular weight is 395 g/mol.